The number of anilines is 1. The monoisotopic (exact) mass is 329 g/mol. The van der Waals surface area contributed by atoms with E-state index in [0.29, 0.717) is 18.4 Å². The van der Waals surface area contributed by atoms with Crippen molar-refractivity contribution >= 4 is 17.5 Å². The number of hydrogen-bond acceptors (Lipinski definition) is 3. The van der Waals surface area contributed by atoms with Gasteiger partial charge in [0.05, 0.1) is 6.04 Å². The molecule has 2 aliphatic rings. The summed E-state index contributed by atoms with van der Waals surface area (Å²) in [4.78, 5) is 28.8. The molecule has 0 bridgehead atoms. The molecule has 130 valence electrons. The van der Waals surface area contributed by atoms with E-state index >= 15 is 0 Å². The summed E-state index contributed by atoms with van der Waals surface area (Å²) >= 11 is 0. The number of likely N-dealkylation sites (tertiary alicyclic amines) is 2. The summed E-state index contributed by atoms with van der Waals surface area (Å²) in [5.41, 5.74) is 0.836. The van der Waals surface area contributed by atoms with Crippen LogP contribution in [0, 0.1) is 0 Å². The molecule has 2 aliphatic heterocycles. The van der Waals surface area contributed by atoms with Gasteiger partial charge in [-0.3, -0.25) is 14.5 Å². The van der Waals surface area contributed by atoms with Crippen LogP contribution in [0.3, 0.4) is 0 Å². The van der Waals surface area contributed by atoms with Crippen LogP contribution in [0.1, 0.15) is 39.0 Å². The number of carbonyl (C=O) groups excluding carboxylic acids is 2. The van der Waals surface area contributed by atoms with E-state index < -0.39 is 0 Å². The van der Waals surface area contributed by atoms with Gasteiger partial charge in [-0.1, -0.05) is 18.2 Å². The first kappa shape index (κ1) is 17.0. The van der Waals surface area contributed by atoms with E-state index in [-0.39, 0.29) is 11.9 Å². The largest absolute Gasteiger partial charge is 0.340 e. The van der Waals surface area contributed by atoms with Gasteiger partial charge in [0, 0.05) is 37.8 Å². The van der Waals surface area contributed by atoms with Gasteiger partial charge in [-0.25, -0.2) is 0 Å². The quantitative estimate of drug-likeness (QED) is 0.923. The highest BCUT2D eigenvalue weighted by molar-refractivity contribution is 5.94. The topological polar surface area (TPSA) is 52.7 Å². The van der Waals surface area contributed by atoms with Gasteiger partial charge < -0.3 is 10.2 Å². The lowest BCUT2D eigenvalue weighted by molar-refractivity contribution is -0.137. The van der Waals surface area contributed by atoms with Crippen molar-refractivity contribution in [3.63, 3.8) is 0 Å². The van der Waals surface area contributed by atoms with Crippen LogP contribution < -0.4 is 5.32 Å². The molecule has 3 rings (SSSR count). The minimum atomic E-state index is -0.150. The lowest BCUT2D eigenvalue weighted by Crippen LogP contribution is -2.52. The third-order valence-corrected chi connectivity index (χ3v) is 5.27. The number of amides is 2. The fourth-order valence-corrected chi connectivity index (χ4v) is 3.73. The van der Waals surface area contributed by atoms with Crippen molar-refractivity contribution in [2.75, 3.05) is 25.0 Å². The molecule has 0 radical (unpaired) electrons. The van der Waals surface area contributed by atoms with Crippen LogP contribution >= 0.6 is 0 Å². The number of piperidine rings is 2. The van der Waals surface area contributed by atoms with Gasteiger partial charge in [0.15, 0.2) is 0 Å². The van der Waals surface area contributed by atoms with Gasteiger partial charge in [0.2, 0.25) is 11.8 Å². The third kappa shape index (κ3) is 3.96. The van der Waals surface area contributed by atoms with Crippen molar-refractivity contribution < 1.29 is 9.59 Å². The highest BCUT2D eigenvalue weighted by atomic mass is 16.2. The second-order valence-electron chi connectivity index (χ2n) is 6.84. The van der Waals surface area contributed by atoms with E-state index in [2.05, 4.69) is 15.1 Å². The predicted molar refractivity (Wildman–Crippen MR) is 94.7 cm³/mol. The molecule has 1 N–H and O–H groups in total. The molecule has 1 atom stereocenters. The average Bonchev–Trinajstić information content (AvgIpc) is 2.62. The van der Waals surface area contributed by atoms with Crippen molar-refractivity contribution in [3.05, 3.63) is 30.3 Å². The first-order chi connectivity index (χ1) is 11.6. The van der Waals surface area contributed by atoms with E-state index in [1.807, 2.05) is 37.3 Å². The molecule has 2 heterocycles. The molecular formula is C19H27N3O2. The summed E-state index contributed by atoms with van der Waals surface area (Å²) in [6.45, 7) is 4.62. The Hall–Kier alpha value is -1.88. The zero-order valence-electron chi connectivity index (χ0n) is 14.4. The summed E-state index contributed by atoms with van der Waals surface area (Å²) in [6, 6.07) is 9.79. The van der Waals surface area contributed by atoms with Crippen LogP contribution in [0.25, 0.3) is 0 Å². The van der Waals surface area contributed by atoms with Gasteiger partial charge in [0.1, 0.15) is 0 Å². The average molecular weight is 329 g/mol. The van der Waals surface area contributed by atoms with Gasteiger partial charge in [-0.05, 0) is 44.7 Å². The Kier molecular flexibility index (Phi) is 5.51. The zero-order chi connectivity index (χ0) is 16.9. The van der Waals surface area contributed by atoms with Crippen LogP contribution in [-0.2, 0) is 9.59 Å². The molecule has 5 heteroatoms. The minimum absolute atomic E-state index is 0.0358. The molecule has 1 aromatic carbocycles. The molecule has 0 aliphatic carbocycles. The van der Waals surface area contributed by atoms with Crippen molar-refractivity contribution in [2.24, 2.45) is 0 Å². The first-order valence-electron chi connectivity index (χ1n) is 9.04. The molecule has 1 unspecified atom stereocenters. The Balaban J connectivity index is 1.50. The maximum absolute atomic E-state index is 12.4. The molecule has 0 aromatic heterocycles. The van der Waals surface area contributed by atoms with Crippen molar-refractivity contribution in [2.45, 2.75) is 51.1 Å². The SMILES string of the molecule is CC(C(=O)Nc1ccccc1)N1CCC(N2CCCCC2=O)CC1. The standard InChI is InChI=1S/C19H27N3O2/c1-15(19(24)20-16-7-3-2-4-8-16)21-13-10-17(11-14-21)22-12-6-5-9-18(22)23/h2-4,7-8,15,17H,5-6,9-14H2,1H3,(H,20,24). The molecule has 0 spiro atoms. The lowest BCUT2D eigenvalue weighted by atomic mass is 9.98. The maximum Gasteiger partial charge on any atom is 0.241 e. The second kappa shape index (κ2) is 7.79. The van der Waals surface area contributed by atoms with Crippen LogP contribution in [-0.4, -0.2) is 53.3 Å². The van der Waals surface area contributed by atoms with Crippen LogP contribution in [0.2, 0.25) is 0 Å². The molecule has 24 heavy (non-hydrogen) atoms. The summed E-state index contributed by atoms with van der Waals surface area (Å²) in [7, 11) is 0. The van der Waals surface area contributed by atoms with Crippen LogP contribution in [0.15, 0.2) is 30.3 Å². The number of carbonyl (C=O) groups is 2. The normalized spacial score (nSPS) is 21.5. The van der Waals surface area contributed by atoms with Gasteiger partial charge in [-0.15, -0.1) is 0 Å². The minimum Gasteiger partial charge on any atom is -0.340 e. The number of benzene rings is 1. The lowest BCUT2D eigenvalue weighted by Gasteiger charge is -2.41. The highest BCUT2D eigenvalue weighted by Crippen LogP contribution is 2.23. The van der Waals surface area contributed by atoms with E-state index in [4.69, 9.17) is 0 Å². The van der Waals surface area contributed by atoms with Gasteiger partial charge in [-0.2, -0.15) is 0 Å². The van der Waals surface area contributed by atoms with Crippen LogP contribution in [0.5, 0.6) is 0 Å². The summed E-state index contributed by atoms with van der Waals surface area (Å²) in [6.07, 6.45) is 4.80. The predicted octanol–water partition coefficient (Wildman–Crippen LogP) is 2.49. The van der Waals surface area contributed by atoms with Gasteiger partial charge >= 0.3 is 0 Å². The molecule has 2 saturated heterocycles. The molecule has 2 fully saturated rings. The van der Waals surface area contributed by atoms with Crippen molar-refractivity contribution in [1.82, 2.24) is 9.80 Å². The van der Waals surface area contributed by atoms with Crippen molar-refractivity contribution in [1.29, 1.82) is 0 Å². The molecule has 1 aromatic rings. The van der Waals surface area contributed by atoms with Crippen LogP contribution in [0.4, 0.5) is 5.69 Å². The molecule has 2 amide bonds. The Labute approximate surface area is 144 Å². The third-order valence-electron chi connectivity index (χ3n) is 5.27. The Morgan fingerprint density at radius 1 is 1.12 bits per heavy atom. The van der Waals surface area contributed by atoms with E-state index in [9.17, 15) is 9.59 Å². The first-order valence-corrected chi connectivity index (χ1v) is 9.04. The number of rotatable bonds is 4. The van der Waals surface area contributed by atoms with E-state index in [1.54, 1.807) is 0 Å². The summed E-state index contributed by atoms with van der Waals surface area (Å²) in [5.74, 6) is 0.350. The molecular weight excluding hydrogens is 302 g/mol. The number of nitrogens with zero attached hydrogens (tertiary/aromatic N) is 2. The van der Waals surface area contributed by atoms with Crippen molar-refractivity contribution in [3.8, 4) is 0 Å². The number of nitrogens with one attached hydrogen (secondary N) is 1. The Morgan fingerprint density at radius 3 is 2.50 bits per heavy atom. The number of hydrogen-bond donors (Lipinski definition) is 1. The Bertz CT molecular complexity index is 567. The summed E-state index contributed by atoms with van der Waals surface area (Å²) < 4.78 is 0. The van der Waals surface area contributed by atoms with Gasteiger partial charge in [0.25, 0.3) is 0 Å². The smallest absolute Gasteiger partial charge is 0.241 e. The second-order valence-corrected chi connectivity index (χ2v) is 6.84. The fourth-order valence-electron chi connectivity index (χ4n) is 3.73. The van der Waals surface area contributed by atoms with E-state index in [0.717, 1.165) is 51.0 Å². The highest BCUT2D eigenvalue weighted by Gasteiger charge is 2.32. The van der Waals surface area contributed by atoms with E-state index in [1.165, 1.54) is 0 Å². The summed E-state index contributed by atoms with van der Waals surface area (Å²) in [5, 5.41) is 2.98. The fraction of sp³-hybridized carbons (Fsp3) is 0.579. The molecule has 0 saturated carbocycles. The molecule has 5 nitrogen and oxygen atoms in total. The maximum atomic E-state index is 12.4. The Morgan fingerprint density at radius 2 is 1.83 bits per heavy atom. The zero-order valence-corrected chi connectivity index (χ0v) is 14.4. The number of para-hydroxylation sites is 1.